The molecular weight excluding hydrogens is 384 g/mol. The predicted octanol–water partition coefficient (Wildman–Crippen LogP) is 7.73. The number of esters is 1. The van der Waals surface area contributed by atoms with E-state index in [4.69, 9.17) is 9.47 Å². The highest BCUT2D eigenvalue weighted by molar-refractivity contribution is 5.71. The first-order chi connectivity index (χ1) is 14.3. The van der Waals surface area contributed by atoms with Crippen molar-refractivity contribution in [2.45, 2.75) is 125 Å². The minimum Gasteiger partial charge on any atom is -0.458 e. The Kier molecular flexibility index (Phi) is 9.26. The first-order valence-corrected chi connectivity index (χ1v) is 12.8. The molecule has 0 aromatic heterocycles. The number of allylic oxidation sites excluding steroid dienone is 1. The summed E-state index contributed by atoms with van der Waals surface area (Å²) in [6.07, 6.45) is 15.1. The predicted molar refractivity (Wildman–Crippen MR) is 130 cm³/mol. The first-order valence-electron chi connectivity index (χ1n) is 12.8. The van der Waals surface area contributed by atoms with Crippen LogP contribution in [0.5, 0.6) is 0 Å². The summed E-state index contributed by atoms with van der Waals surface area (Å²) in [5.41, 5.74) is 0.234. The molecule has 2 rings (SSSR count). The Bertz CT molecular complexity index is 584. The maximum absolute atomic E-state index is 12.5. The van der Waals surface area contributed by atoms with E-state index in [1.807, 2.05) is 0 Å². The summed E-state index contributed by atoms with van der Waals surface area (Å²) in [7, 11) is 0. The molecule has 0 aliphatic heterocycles. The summed E-state index contributed by atoms with van der Waals surface area (Å²) in [4.78, 5) is 12.5. The van der Waals surface area contributed by atoms with Gasteiger partial charge in [0.05, 0.1) is 6.10 Å². The van der Waals surface area contributed by atoms with Gasteiger partial charge in [0.15, 0.2) is 0 Å². The molecule has 2 aliphatic rings. The van der Waals surface area contributed by atoms with Gasteiger partial charge in [-0.1, -0.05) is 73.0 Å². The highest BCUT2D eigenvalue weighted by Gasteiger charge is 2.36. The number of ether oxygens (including phenoxy) is 2. The third kappa shape index (κ3) is 8.91. The molecule has 0 amide bonds. The van der Waals surface area contributed by atoms with E-state index in [-0.39, 0.29) is 18.7 Å². The first kappa shape index (κ1) is 26.4. The topological polar surface area (TPSA) is 35.5 Å². The van der Waals surface area contributed by atoms with Crippen LogP contribution in [-0.4, -0.2) is 24.3 Å². The van der Waals surface area contributed by atoms with Gasteiger partial charge in [-0.15, -0.1) is 0 Å². The maximum atomic E-state index is 12.5. The molecule has 0 heterocycles. The van der Waals surface area contributed by atoms with Crippen LogP contribution < -0.4 is 0 Å². The SMILES string of the molecule is CC(C)(C)CC(C1CC=CC(OCC(=O)OC(C)(C)C2CCCCC2)CC1)C(C)(C)C. The molecule has 180 valence electrons. The van der Waals surface area contributed by atoms with E-state index in [0.717, 1.165) is 32.1 Å². The van der Waals surface area contributed by atoms with E-state index >= 15 is 0 Å². The van der Waals surface area contributed by atoms with E-state index in [9.17, 15) is 4.79 Å². The zero-order chi connectivity index (χ0) is 23.3. The lowest BCUT2D eigenvalue weighted by Crippen LogP contribution is -2.39. The maximum Gasteiger partial charge on any atom is 0.332 e. The van der Waals surface area contributed by atoms with E-state index in [1.165, 1.54) is 25.7 Å². The molecule has 3 nitrogen and oxygen atoms in total. The summed E-state index contributed by atoms with van der Waals surface area (Å²) < 4.78 is 11.9. The number of carbonyl (C=O) groups excluding carboxylic acids is 1. The van der Waals surface area contributed by atoms with Crippen LogP contribution in [0.4, 0.5) is 0 Å². The minimum atomic E-state index is -0.391. The van der Waals surface area contributed by atoms with Gasteiger partial charge in [0, 0.05) is 0 Å². The Morgan fingerprint density at radius 1 is 0.935 bits per heavy atom. The molecule has 3 atom stereocenters. The molecule has 3 unspecified atom stereocenters. The van der Waals surface area contributed by atoms with Crippen LogP contribution >= 0.6 is 0 Å². The normalized spacial score (nSPS) is 25.2. The number of hydrogen-bond donors (Lipinski definition) is 0. The Balaban J connectivity index is 1.85. The Hall–Kier alpha value is -0.830. The molecule has 0 aromatic carbocycles. The van der Waals surface area contributed by atoms with Gasteiger partial charge in [-0.25, -0.2) is 4.79 Å². The molecule has 1 fully saturated rings. The molecular formula is C28H50O3. The van der Waals surface area contributed by atoms with Gasteiger partial charge < -0.3 is 9.47 Å². The van der Waals surface area contributed by atoms with E-state index in [1.54, 1.807) is 0 Å². The zero-order valence-electron chi connectivity index (χ0n) is 21.8. The van der Waals surface area contributed by atoms with Crippen molar-refractivity contribution in [1.29, 1.82) is 0 Å². The molecule has 0 spiro atoms. The van der Waals surface area contributed by atoms with Crippen LogP contribution in [0.15, 0.2) is 12.2 Å². The molecule has 0 bridgehead atoms. The van der Waals surface area contributed by atoms with Gasteiger partial charge in [0.1, 0.15) is 12.2 Å². The van der Waals surface area contributed by atoms with Crippen LogP contribution in [0.1, 0.15) is 113 Å². The molecule has 0 saturated heterocycles. The van der Waals surface area contributed by atoms with E-state index in [2.05, 4.69) is 67.5 Å². The lowest BCUT2D eigenvalue weighted by molar-refractivity contribution is -0.169. The monoisotopic (exact) mass is 434 g/mol. The van der Waals surface area contributed by atoms with Crippen molar-refractivity contribution in [2.24, 2.45) is 28.6 Å². The third-order valence-corrected chi connectivity index (χ3v) is 7.51. The van der Waals surface area contributed by atoms with Crippen molar-refractivity contribution in [3.63, 3.8) is 0 Å². The summed E-state index contributed by atoms with van der Waals surface area (Å²) in [6, 6.07) is 0. The Morgan fingerprint density at radius 2 is 1.58 bits per heavy atom. The van der Waals surface area contributed by atoms with Crippen molar-refractivity contribution >= 4 is 5.97 Å². The molecule has 0 aromatic rings. The Morgan fingerprint density at radius 3 is 2.16 bits per heavy atom. The Labute approximate surface area is 192 Å². The second-order valence-corrected chi connectivity index (χ2v) is 13.0. The second-order valence-electron chi connectivity index (χ2n) is 13.0. The minimum absolute atomic E-state index is 0.0191. The van der Waals surface area contributed by atoms with Gasteiger partial charge in [0.25, 0.3) is 0 Å². The molecule has 0 N–H and O–H groups in total. The fourth-order valence-electron chi connectivity index (χ4n) is 5.72. The smallest absolute Gasteiger partial charge is 0.332 e. The van der Waals surface area contributed by atoms with Gasteiger partial charge in [0.2, 0.25) is 0 Å². The molecule has 31 heavy (non-hydrogen) atoms. The quantitative estimate of drug-likeness (QED) is 0.304. The number of carbonyl (C=O) groups is 1. The molecule has 1 saturated carbocycles. The van der Waals surface area contributed by atoms with Crippen LogP contribution in [0.3, 0.4) is 0 Å². The van der Waals surface area contributed by atoms with Crippen LogP contribution in [-0.2, 0) is 14.3 Å². The lowest BCUT2D eigenvalue weighted by Gasteiger charge is -2.41. The largest absolute Gasteiger partial charge is 0.458 e. The highest BCUT2D eigenvalue weighted by Crippen LogP contribution is 2.44. The van der Waals surface area contributed by atoms with Gasteiger partial charge in [-0.3, -0.25) is 0 Å². The summed E-state index contributed by atoms with van der Waals surface area (Å²) in [6.45, 7) is 18.4. The van der Waals surface area contributed by atoms with Crippen LogP contribution in [0.25, 0.3) is 0 Å². The average Bonchev–Trinajstić information content (AvgIpc) is 2.89. The van der Waals surface area contributed by atoms with Gasteiger partial charge >= 0.3 is 5.97 Å². The highest BCUT2D eigenvalue weighted by atomic mass is 16.6. The summed E-state index contributed by atoms with van der Waals surface area (Å²) in [5.74, 6) is 1.60. The number of hydrogen-bond acceptors (Lipinski definition) is 3. The fraction of sp³-hybridized carbons (Fsp3) is 0.893. The average molecular weight is 435 g/mol. The number of rotatable bonds is 7. The van der Waals surface area contributed by atoms with Crippen LogP contribution in [0.2, 0.25) is 0 Å². The fourth-order valence-corrected chi connectivity index (χ4v) is 5.72. The van der Waals surface area contributed by atoms with Crippen molar-refractivity contribution in [2.75, 3.05) is 6.61 Å². The van der Waals surface area contributed by atoms with Crippen molar-refractivity contribution in [3.8, 4) is 0 Å². The molecule has 0 radical (unpaired) electrons. The van der Waals surface area contributed by atoms with E-state index in [0.29, 0.717) is 28.6 Å². The van der Waals surface area contributed by atoms with Crippen LogP contribution in [0, 0.1) is 28.6 Å². The summed E-state index contributed by atoms with van der Waals surface area (Å²) in [5, 5.41) is 0. The van der Waals surface area contributed by atoms with Crippen molar-refractivity contribution in [3.05, 3.63) is 12.2 Å². The molecule has 3 heteroatoms. The second kappa shape index (κ2) is 10.9. The van der Waals surface area contributed by atoms with Crippen molar-refractivity contribution in [1.82, 2.24) is 0 Å². The lowest BCUT2D eigenvalue weighted by atomic mass is 9.65. The standard InChI is InChI=1S/C28H50O3/c1-26(2,3)19-24(27(4,5)6)21-13-12-16-23(18-17-21)30-20-25(29)31-28(7,8)22-14-10-9-11-15-22/h12,16,21-24H,9-11,13-15,17-20H2,1-8H3. The third-order valence-electron chi connectivity index (χ3n) is 7.51. The summed E-state index contributed by atoms with van der Waals surface area (Å²) >= 11 is 0. The van der Waals surface area contributed by atoms with Gasteiger partial charge in [-0.05, 0) is 81.0 Å². The zero-order valence-corrected chi connectivity index (χ0v) is 21.8. The van der Waals surface area contributed by atoms with E-state index < -0.39 is 5.60 Å². The van der Waals surface area contributed by atoms with Gasteiger partial charge in [-0.2, -0.15) is 0 Å². The molecule has 2 aliphatic carbocycles. The van der Waals surface area contributed by atoms with Crippen molar-refractivity contribution < 1.29 is 14.3 Å².